The molecule has 0 radical (unpaired) electrons. The molecule has 2 fully saturated rings. The van der Waals surface area contributed by atoms with Gasteiger partial charge in [-0.1, -0.05) is 30.3 Å². The Morgan fingerprint density at radius 1 is 1.08 bits per heavy atom. The van der Waals surface area contributed by atoms with Gasteiger partial charge in [0, 0.05) is 45.7 Å². The predicted octanol–water partition coefficient (Wildman–Crippen LogP) is 0.620. The second kappa shape index (κ2) is 8.00. The van der Waals surface area contributed by atoms with Gasteiger partial charge in [0.15, 0.2) is 0 Å². The summed E-state index contributed by atoms with van der Waals surface area (Å²) >= 11 is 0. The number of carbonyl (C=O) groups excluding carboxylic acids is 3. The summed E-state index contributed by atoms with van der Waals surface area (Å²) in [6.07, 6.45) is 0.124. The van der Waals surface area contributed by atoms with Crippen LogP contribution in [0.4, 0.5) is 0 Å². The molecular formula is C19H22N4O3. The molecule has 7 heteroatoms. The third-order valence-corrected chi connectivity index (χ3v) is 4.95. The van der Waals surface area contributed by atoms with E-state index in [0.29, 0.717) is 39.3 Å². The van der Waals surface area contributed by atoms with Crippen molar-refractivity contribution in [3.05, 3.63) is 35.9 Å². The highest BCUT2D eigenvalue weighted by atomic mass is 16.2. The normalized spacial score (nSPS) is 20.2. The summed E-state index contributed by atoms with van der Waals surface area (Å²) in [5.41, 5.74) is 1.05. The minimum atomic E-state index is -0.312. The predicted molar refractivity (Wildman–Crippen MR) is 93.4 cm³/mol. The topological polar surface area (TPSA) is 84.7 Å². The fourth-order valence-corrected chi connectivity index (χ4v) is 3.51. The SMILES string of the molecule is N#CCC(=O)N1CCN(C(=O)C2CC(=O)N(Cc3ccccc3)C2)CC1. The number of likely N-dealkylation sites (tertiary alicyclic amines) is 1. The van der Waals surface area contributed by atoms with Gasteiger partial charge in [-0.2, -0.15) is 5.26 Å². The van der Waals surface area contributed by atoms with Crippen molar-refractivity contribution in [1.82, 2.24) is 14.7 Å². The maximum Gasteiger partial charge on any atom is 0.236 e. The molecule has 1 aromatic rings. The lowest BCUT2D eigenvalue weighted by Crippen LogP contribution is -2.52. The highest BCUT2D eigenvalue weighted by Crippen LogP contribution is 2.23. The molecule has 0 saturated carbocycles. The monoisotopic (exact) mass is 354 g/mol. The number of hydrogen-bond acceptors (Lipinski definition) is 4. The number of nitriles is 1. The Kier molecular flexibility index (Phi) is 5.52. The quantitative estimate of drug-likeness (QED) is 0.793. The first-order valence-electron chi connectivity index (χ1n) is 8.83. The molecule has 7 nitrogen and oxygen atoms in total. The third kappa shape index (κ3) is 4.02. The number of hydrogen-bond donors (Lipinski definition) is 0. The minimum absolute atomic E-state index is 0.00929. The van der Waals surface area contributed by atoms with Crippen LogP contribution in [0.1, 0.15) is 18.4 Å². The Bertz CT molecular complexity index is 720. The van der Waals surface area contributed by atoms with Gasteiger partial charge in [0.05, 0.1) is 12.0 Å². The standard InChI is InChI=1S/C19H22N4O3/c20-7-6-17(24)21-8-10-22(11-9-21)19(26)16-12-18(25)23(14-16)13-15-4-2-1-3-5-15/h1-5,16H,6,8-14H2. The maximum absolute atomic E-state index is 12.7. The van der Waals surface area contributed by atoms with Gasteiger partial charge in [0.2, 0.25) is 17.7 Å². The molecule has 3 rings (SSSR count). The molecule has 0 aromatic heterocycles. The van der Waals surface area contributed by atoms with Crippen LogP contribution in [0.3, 0.4) is 0 Å². The van der Waals surface area contributed by atoms with Gasteiger partial charge in [-0.05, 0) is 5.56 Å². The Morgan fingerprint density at radius 2 is 1.73 bits per heavy atom. The maximum atomic E-state index is 12.7. The van der Waals surface area contributed by atoms with Gasteiger partial charge >= 0.3 is 0 Å². The van der Waals surface area contributed by atoms with Crippen LogP contribution in [0.5, 0.6) is 0 Å². The van der Waals surface area contributed by atoms with Gasteiger partial charge in [0.25, 0.3) is 0 Å². The van der Waals surface area contributed by atoms with Crippen LogP contribution in [-0.2, 0) is 20.9 Å². The van der Waals surface area contributed by atoms with E-state index in [9.17, 15) is 14.4 Å². The third-order valence-electron chi connectivity index (χ3n) is 4.95. The average Bonchev–Trinajstić information content (AvgIpc) is 3.03. The molecule has 0 bridgehead atoms. The largest absolute Gasteiger partial charge is 0.339 e. The van der Waals surface area contributed by atoms with Crippen molar-refractivity contribution in [2.45, 2.75) is 19.4 Å². The van der Waals surface area contributed by atoms with Gasteiger partial charge in [0.1, 0.15) is 6.42 Å². The zero-order valence-electron chi connectivity index (χ0n) is 14.6. The van der Waals surface area contributed by atoms with E-state index in [0.717, 1.165) is 5.56 Å². The van der Waals surface area contributed by atoms with E-state index in [-0.39, 0.29) is 36.5 Å². The van der Waals surface area contributed by atoms with Crippen LogP contribution >= 0.6 is 0 Å². The Labute approximate surface area is 152 Å². The molecule has 3 amide bonds. The lowest BCUT2D eigenvalue weighted by atomic mass is 10.1. The molecule has 0 spiro atoms. The van der Waals surface area contributed by atoms with Crippen LogP contribution in [0.15, 0.2) is 30.3 Å². The zero-order valence-corrected chi connectivity index (χ0v) is 14.6. The zero-order chi connectivity index (χ0) is 18.5. The van der Waals surface area contributed by atoms with Gasteiger partial charge in [-0.15, -0.1) is 0 Å². The molecule has 1 aromatic carbocycles. The first-order valence-corrected chi connectivity index (χ1v) is 8.83. The number of nitrogens with zero attached hydrogens (tertiary/aromatic N) is 4. The van der Waals surface area contributed by atoms with Crippen LogP contribution in [0, 0.1) is 17.2 Å². The van der Waals surface area contributed by atoms with Crippen LogP contribution < -0.4 is 0 Å². The highest BCUT2D eigenvalue weighted by molar-refractivity contribution is 5.89. The van der Waals surface area contributed by atoms with E-state index in [1.807, 2.05) is 36.4 Å². The van der Waals surface area contributed by atoms with E-state index in [4.69, 9.17) is 5.26 Å². The number of carbonyl (C=O) groups is 3. The van der Waals surface area contributed by atoms with E-state index in [1.54, 1.807) is 14.7 Å². The van der Waals surface area contributed by atoms with Crippen LogP contribution in [0.2, 0.25) is 0 Å². The average molecular weight is 354 g/mol. The fourth-order valence-electron chi connectivity index (χ4n) is 3.51. The second-order valence-corrected chi connectivity index (χ2v) is 6.70. The lowest BCUT2D eigenvalue weighted by Gasteiger charge is -2.35. The Balaban J connectivity index is 1.52. The summed E-state index contributed by atoms with van der Waals surface area (Å²) in [6.45, 7) is 2.78. The fraction of sp³-hybridized carbons (Fsp3) is 0.474. The van der Waals surface area contributed by atoms with Crippen molar-refractivity contribution in [3.8, 4) is 6.07 Å². The number of rotatable bonds is 4. The summed E-state index contributed by atoms with van der Waals surface area (Å²) in [4.78, 5) is 41.8. The number of piperazine rings is 1. The summed E-state index contributed by atoms with van der Waals surface area (Å²) in [7, 11) is 0. The van der Waals surface area contributed by atoms with Gasteiger partial charge in [-0.25, -0.2) is 0 Å². The van der Waals surface area contributed by atoms with Crippen molar-refractivity contribution in [2.24, 2.45) is 5.92 Å². The summed E-state index contributed by atoms with van der Waals surface area (Å²) in [5.74, 6) is -0.506. The summed E-state index contributed by atoms with van der Waals surface area (Å²) in [6, 6.07) is 11.6. The van der Waals surface area contributed by atoms with Crippen molar-refractivity contribution in [2.75, 3.05) is 32.7 Å². The van der Waals surface area contributed by atoms with E-state index in [1.165, 1.54) is 0 Å². The Hall–Kier alpha value is -2.88. The lowest BCUT2D eigenvalue weighted by molar-refractivity contribution is -0.141. The number of amides is 3. The molecule has 2 saturated heterocycles. The number of benzene rings is 1. The molecule has 136 valence electrons. The smallest absolute Gasteiger partial charge is 0.236 e. The Morgan fingerprint density at radius 3 is 2.38 bits per heavy atom. The van der Waals surface area contributed by atoms with Gasteiger partial charge in [-0.3, -0.25) is 14.4 Å². The molecule has 26 heavy (non-hydrogen) atoms. The summed E-state index contributed by atoms with van der Waals surface area (Å²) < 4.78 is 0. The summed E-state index contributed by atoms with van der Waals surface area (Å²) in [5, 5.41) is 8.61. The van der Waals surface area contributed by atoms with Crippen molar-refractivity contribution >= 4 is 17.7 Å². The molecule has 2 aliphatic heterocycles. The van der Waals surface area contributed by atoms with Gasteiger partial charge < -0.3 is 14.7 Å². The van der Waals surface area contributed by atoms with Crippen molar-refractivity contribution in [3.63, 3.8) is 0 Å². The minimum Gasteiger partial charge on any atom is -0.339 e. The van der Waals surface area contributed by atoms with Crippen LogP contribution in [-0.4, -0.2) is 65.1 Å². The highest BCUT2D eigenvalue weighted by Gasteiger charge is 2.37. The van der Waals surface area contributed by atoms with E-state index < -0.39 is 0 Å². The molecule has 2 heterocycles. The molecule has 2 aliphatic rings. The molecular weight excluding hydrogens is 332 g/mol. The van der Waals surface area contributed by atoms with Crippen molar-refractivity contribution < 1.29 is 14.4 Å². The molecule has 1 atom stereocenters. The van der Waals surface area contributed by atoms with Crippen molar-refractivity contribution in [1.29, 1.82) is 5.26 Å². The molecule has 0 N–H and O–H groups in total. The van der Waals surface area contributed by atoms with E-state index >= 15 is 0 Å². The first-order chi connectivity index (χ1) is 12.6. The van der Waals surface area contributed by atoms with Crippen LogP contribution in [0.25, 0.3) is 0 Å². The molecule has 1 unspecified atom stereocenters. The first kappa shape index (κ1) is 17.9. The van der Waals surface area contributed by atoms with E-state index in [2.05, 4.69) is 0 Å². The second-order valence-electron chi connectivity index (χ2n) is 6.70. The molecule has 0 aliphatic carbocycles.